The van der Waals surface area contributed by atoms with Gasteiger partial charge in [0.15, 0.2) is 0 Å². The molecule has 0 radical (unpaired) electrons. The lowest BCUT2D eigenvalue weighted by molar-refractivity contribution is 0.288. The molecule has 13 heavy (non-hydrogen) atoms. The van der Waals surface area contributed by atoms with Crippen LogP contribution in [0.2, 0.25) is 0 Å². The van der Waals surface area contributed by atoms with E-state index in [-0.39, 0.29) is 6.04 Å². The van der Waals surface area contributed by atoms with Gasteiger partial charge in [0.1, 0.15) is 0 Å². The van der Waals surface area contributed by atoms with Gasteiger partial charge >= 0.3 is 0 Å². The maximum Gasteiger partial charge on any atom is 0.0687 e. The van der Waals surface area contributed by atoms with Crippen LogP contribution in [0.1, 0.15) is 40.5 Å². The summed E-state index contributed by atoms with van der Waals surface area (Å²) in [6.07, 6.45) is 7.69. The van der Waals surface area contributed by atoms with Crippen molar-refractivity contribution in [2.24, 2.45) is 11.3 Å². The van der Waals surface area contributed by atoms with E-state index in [0.717, 1.165) is 6.42 Å². The Labute approximate surface area is 83.3 Å². The van der Waals surface area contributed by atoms with Crippen LogP contribution in [0.4, 0.5) is 0 Å². The highest BCUT2D eigenvalue weighted by Crippen LogP contribution is 2.26. The van der Waals surface area contributed by atoms with Crippen LogP contribution < -0.4 is 5.32 Å². The lowest BCUT2D eigenvalue weighted by atomic mass is 9.83. The van der Waals surface area contributed by atoms with E-state index in [0.29, 0.717) is 11.3 Å². The van der Waals surface area contributed by atoms with E-state index < -0.39 is 0 Å². The summed E-state index contributed by atoms with van der Waals surface area (Å²) in [5.41, 5.74) is 0.409. The van der Waals surface area contributed by atoms with Crippen LogP contribution in [0.3, 0.4) is 0 Å². The van der Waals surface area contributed by atoms with Gasteiger partial charge in [0.05, 0.1) is 6.04 Å². The third-order valence-corrected chi connectivity index (χ3v) is 2.15. The van der Waals surface area contributed by atoms with Crippen LogP contribution in [0.15, 0.2) is 0 Å². The summed E-state index contributed by atoms with van der Waals surface area (Å²) in [6, 6.07) is 0.234. The van der Waals surface area contributed by atoms with Gasteiger partial charge in [-0.05, 0) is 31.2 Å². The van der Waals surface area contributed by atoms with E-state index in [2.05, 4.69) is 38.9 Å². The summed E-state index contributed by atoms with van der Waals surface area (Å²) in [5.74, 6) is 3.45. The standard InChI is InChI=1S/C12H23N/c1-7-11(13-6)8-10(2)9-12(3,4)5/h1,10-11,13H,8-9H2,2-6H3/t10-,11+/m0/s1. The van der Waals surface area contributed by atoms with Crippen LogP contribution >= 0.6 is 0 Å². The molecular formula is C12H23N. The van der Waals surface area contributed by atoms with Gasteiger partial charge in [-0.1, -0.05) is 33.6 Å². The van der Waals surface area contributed by atoms with Crippen molar-refractivity contribution in [2.45, 2.75) is 46.6 Å². The molecule has 0 fully saturated rings. The van der Waals surface area contributed by atoms with Crippen molar-refractivity contribution in [1.29, 1.82) is 0 Å². The second kappa shape index (κ2) is 5.29. The van der Waals surface area contributed by atoms with Crippen molar-refractivity contribution < 1.29 is 0 Å². The van der Waals surface area contributed by atoms with Gasteiger partial charge in [-0.15, -0.1) is 6.42 Å². The van der Waals surface area contributed by atoms with E-state index in [1.54, 1.807) is 0 Å². The fourth-order valence-electron chi connectivity index (χ4n) is 1.80. The maximum atomic E-state index is 5.38. The predicted octanol–water partition coefficient (Wildman–Crippen LogP) is 2.67. The summed E-state index contributed by atoms with van der Waals surface area (Å²) in [4.78, 5) is 0. The molecule has 0 amide bonds. The molecule has 0 aliphatic heterocycles. The van der Waals surface area contributed by atoms with Crippen LogP contribution in [-0.2, 0) is 0 Å². The van der Waals surface area contributed by atoms with E-state index in [1.165, 1.54) is 6.42 Å². The molecule has 0 heterocycles. The minimum Gasteiger partial charge on any atom is -0.307 e. The quantitative estimate of drug-likeness (QED) is 0.657. The fourth-order valence-corrected chi connectivity index (χ4v) is 1.80. The second-order valence-corrected chi connectivity index (χ2v) is 5.11. The second-order valence-electron chi connectivity index (χ2n) is 5.11. The monoisotopic (exact) mass is 181 g/mol. The Kier molecular flexibility index (Phi) is 5.10. The molecule has 0 saturated heterocycles. The van der Waals surface area contributed by atoms with Gasteiger partial charge in [-0.2, -0.15) is 0 Å². The van der Waals surface area contributed by atoms with Crippen molar-refractivity contribution in [3.8, 4) is 12.3 Å². The summed E-state index contributed by atoms with van der Waals surface area (Å²) in [6.45, 7) is 9.09. The molecule has 0 bridgehead atoms. The largest absolute Gasteiger partial charge is 0.307 e. The predicted molar refractivity (Wildman–Crippen MR) is 59.5 cm³/mol. The molecule has 0 aromatic heterocycles. The molecule has 0 saturated carbocycles. The first-order valence-electron chi connectivity index (χ1n) is 5.02. The van der Waals surface area contributed by atoms with E-state index in [4.69, 9.17) is 6.42 Å². The van der Waals surface area contributed by atoms with Gasteiger partial charge in [-0.3, -0.25) is 0 Å². The minimum absolute atomic E-state index is 0.234. The van der Waals surface area contributed by atoms with Crippen molar-refractivity contribution in [3.63, 3.8) is 0 Å². The Bertz CT molecular complexity index is 171. The Balaban J connectivity index is 3.87. The van der Waals surface area contributed by atoms with Crippen molar-refractivity contribution in [2.75, 3.05) is 7.05 Å². The summed E-state index contributed by atoms with van der Waals surface area (Å²) in [5, 5.41) is 3.13. The average Bonchev–Trinajstić information content (AvgIpc) is 1.96. The molecule has 0 unspecified atom stereocenters. The molecule has 0 spiro atoms. The minimum atomic E-state index is 0.234. The molecule has 76 valence electrons. The van der Waals surface area contributed by atoms with Crippen LogP contribution in [0.5, 0.6) is 0 Å². The number of hydrogen-bond acceptors (Lipinski definition) is 1. The Morgan fingerprint density at radius 3 is 2.23 bits per heavy atom. The first-order valence-corrected chi connectivity index (χ1v) is 5.02. The van der Waals surface area contributed by atoms with Crippen molar-refractivity contribution in [1.82, 2.24) is 5.32 Å². The highest BCUT2D eigenvalue weighted by atomic mass is 14.9. The number of nitrogens with one attached hydrogen (secondary N) is 1. The lowest BCUT2D eigenvalue weighted by Crippen LogP contribution is -2.26. The van der Waals surface area contributed by atoms with E-state index >= 15 is 0 Å². The Hall–Kier alpha value is -0.480. The highest BCUT2D eigenvalue weighted by molar-refractivity contribution is 4.98. The highest BCUT2D eigenvalue weighted by Gasteiger charge is 2.17. The van der Waals surface area contributed by atoms with Gasteiger partial charge in [-0.25, -0.2) is 0 Å². The summed E-state index contributed by atoms with van der Waals surface area (Å²) < 4.78 is 0. The zero-order chi connectivity index (χ0) is 10.5. The first-order chi connectivity index (χ1) is 5.89. The zero-order valence-corrected chi connectivity index (χ0v) is 9.65. The fraction of sp³-hybridized carbons (Fsp3) is 0.833. The summed E-state index contributed by atoms with van der Waals surface area (Å²) in [7, 11) is 1.92. The molecule has 1 N–H and O–H groups in total. The van der Waals surface area contributed by atoms with Crippen molar-refractivity contribution in [3.05, 3.63) is 0 Å². The molecule has 0 aromatic rings. The van der Waals surface area contributed by atoms with Crippen LogP contribution in [0, 0.1) is 23.7 Å². The average molecular weight is 181 g/mol. The molecule has 2 atom stereocenters. The molecule has 1 nitrogen and oxygen atoms in total. The third kappa shape index (κ3) is 6.66. The molecule has 0 aliphatic rings. The van der Waals surface area contributed by atoms with Gasteiger partial charge < -0.3 is 5.32 Å². The molecule has 0 aromatic carbocycles. The normalized spacial score (nSPS) is 16.3. The maximum absolute atomic E-state index is 5.38. The lowest BCUT2D eigenvalue weighted by Gasteiger charge is -2.24. The van der Waals surface area contributed by atoms with Gasteiger partial charge in [0.25, 0.3) is 0 Å². The molecular weight excluding hydrogens is 158 g/mol. The third-order valence-electron chi connectivity index (χ3n) is 2.15. The Morgan fingerprint density at radius 1 is 1.38 bits per heavy atom. The smallest absolute Gasteiger partial charge is 0.0687 e. The molecule has 0 aliphatic carbocycles. The molecule has 0 rings (SSSR count). The number of hydrogen-bond donors (Lipinski definition) is 1. The SMILES string of the molecule is C#C[C@H](C[C@H](C)CC(C)(C)C)NC. The van der Waals surface area contributed by atoms with Crippen LogP contribution in [0.25, 0.3) is 0 Å². The Morgan fingerprint density at radius 2 is 1.92 bits per heavy atom. The number of rotatable bonds is 4. The first kappa shape index (κ1) is 12.5. The van der Waals surface area contributed by atoms with Gasteiger partial charge in [0.2, 0.25) is 0 Å². The van der Waals surface area contributed by atoms with Crippen molar-refractivity contribution >= 4 is 0 Å². The zero-order valence-electron chi connectivity index (χ0n) is 9.65. The van der Waals surface area contributed by atoms with E-state index in [9.17, 15) is 0 Å². The van der Waals surface area contributed by atoms with Gasteiger partial charge in [0, 0.05) is 0 Å². The van der Waals surface area contributed by atoms with Crippen LogP contribution in [-0.4, -0.2) is 13.1 Å². The summed E-state index contributed by atoms with van der Waals surface area (Å²) >= 11 is 0. The number of terminal acetylenes is 1. The topological polar surface area (TPSA) is 12.0 Å². The van der Waals surface area contributed by atoms with E-state index in [1.807, 2.05) is 7.05 Å². The molecule has 1 heteroatoms.